The summed E-state index contributed by atoms with van der Waals surface area (Å²) in [6.07, 6.45) is 2.84. The normalized spacial score (nSPS) is 19.2. The van der Waals surface area contributed by atoms with Crippen molar-refractivity contribution in [3.63, 3.8) is 0 Å². The van der Waals surface area contributed by atoms with Crippen molar-refractivity contribution in [2.24, 2.45) is 11.8 Å². The predicted molar refractivity (Wildman–Crippen MR) is 83.4 cm³/mol. The van der Waals surface area contributed by atoms with Crippen LogP contribution in [0.4, 0.5) is 0 Å². The topological polar surface area (TPSA) is 12.0 Å². The first-order chi connectivity index (χ1) is 8.93. The van der Waals surface area contributed by atoms with Crippen LogP contribution >= 0.6 is 0 Å². The van der Waals surface area contributed by atoms with Crippen molar-refractivity contribution >= 4 is 0 Å². The van der Waals surface area contributed by atoms with Gasteiger partial charge in [0, 0.05) is 6.04 Å². The molecule has 2 unspecified atom stereocenters. The maximum Gasteiger partial charge on any atom is 0.0348 e. The summed E-state index contributed by atoms with van der Waals surface area (Å²) in [6, 6.07) is 9.78. The third-order valence-corrected chi connectivity index (χ3v) is 4.45. The SMILES string of the molecule is CCNC(c1ccc(C(C)(C)C)cc1)C(C)C1CC1. The standard InChI is InChI=1S/C18H29N/c1-6-19-17(13(2)14-7-8-14)15-9-11-16(12-10-15)18(3,4)5/h9-14,17,19H,6-8H2,1-5H3. The minimum atomic E-state index is 0.244. The van der Waals surface area contributed by atoms with E-state index in [1.807, 2.05) is 0 Å². The molecule has 19 heavy (non-hydrogen) atoms. The monoisotopic (exact) mass is 259 g/mol. The van der Waals surface area contributed by atoms with Gasteiger partial charge in [-0.3, -0.25) is 0 Å². The molecule has 1 aliphatic rings. The second-order valence-corrected chi connectivity index (χ2v) is 7.10. The minimum Gasteiger partial charge on any atom is -0.310 e. The molecule has 0 aromatic heterocycles. The van der Waals surface area contributed by atoms with E-state index in [-0.39, 0.29) is 5.41 Å². The molecular weight excluding hydrogens is 230 g/mol. The fraction of sp³-hybridized carbons (Fsp3) is 0.667. The summed E-state index contributed by atoms with van der Waals surface area (Å²) in [5.74, 6) is 1.69. The van der Waals surface area contributed by atoms with E-state index in [1.54, 1.807) is 0 Å². The van der Waals surface area contributed by atoms with Gasteiger partial charge in [0.1, 0.15) is 0 Å². The van der Waals surface area contributed by atoms with Crippen molar-refractivity contribution < 1.29 is 0 Å². The van der Waals surface area contributed by atoms with E-state index < -0.39 is 0 Å². The van der Waals surface area contributed by atoms with Gasteiger partial charge in [0.25, 0.3) is 0 Å². The molecule has 2 atom stereocenters. The fourth-order valence-corrected chi connectivity index (χ4v) is 2.91. The van der Waals surface area contributed by atoms with Crippen LogP contribution in [-0.2, 0) is 5.41 Å². The van der Waals surface area contributed by atoms with E-state index in [9.17, 15) is 0 Å². The highest BCUT2D eigenvalue weighted by Crippen LogP contribution is 2.42. The van der Waals surface area contributed by atoms with Crippen LogP contribution in [0, 0.1) is 11.8 Å². The summed E-state index contributed by atoms with van der Waals surface area (Å²) in [7, 11) is 0. The summed E-state index contributed by atoms with van der Waals surface area (Å²) in [4.78, 5) is 0. The van der Waals surface area contributed by atoms with Gasteiger partial charge in [0.15, 0.2) is 0 Å². The molecule has 0 amide bonds. The molecule has 1 nitrogen and oxygen atoms in total. The van der Waals surface area contributed by atoms with Crippen molar-refractivity contribution in [3.05, 3.63) is 35.4 Å². The predicted octanol–water partition coefficient (Wildman–Crippen LogP) is 4.68. The Balaban J connectivity index is 2.17. The van der Waals surface area contributed by atoms with Gasteiger partial charge in [-0.25, -0.2) is 0 Å². The zero-order valence-electron chi connectivity index (χ0n) is 13.2. The first-order valence-electron chi connectivity index (χ1n) is 7.77. The Morgan fingerprint density at radius 1 is 1.16 bits per heavy atom. The molecule has 0 heterocycles. The summed E-state index contributed by atoms with van der Waals surface area (Å²) >= 11 is 0. The maximum atomic E-state index is 3.68. The van der Waals surface area contributed by atoms with Crippen molar-refractivity contribution in [2.45, 2.75) is 58.9 Å². The van der Waals surface area contributed by atoms with Crippen molar-refractivity contribution in [3.8, 4) is 0 Å². The number of hydrogen-bond donors (Lipinski definition) is 1. The van der Waals surface area contributed by atoms with Crippen molar-refractivity contribution in [1.82, 2.24) is 5.32 Å². The van der Waals surface area contributed by atoms with Gasteiger partial charge in [-0.2, -0.15) is 0 Å². The van der Waals surface area contributed by atoms with Gasteiger partial charge < -0.3 is 5.32 Å². The zero-order chi connectivity index (χ0) is 14.0. The van der Waals surface area contributed by atoms with Crippen LogP contribution in [0.3, 0.4) is 0 Å². The highest BCUT2D eigenvalue weighted by Gasteiger charge is 2.33. The smallest absolute Gasteiger partial charge is 0.0348 e. The number of nitrogens with one attached hydrogen (secondary N) is 1. The third-order valence-electron chi connectivity index (χ3n) is 4.45. The molecule has 0 radical (unpaired) electrons. The maximum absolute atomic E-state index is 3.68. The number of hydrogen-bond acceptors (Lipinski definition) is 1. The summed E-state index contributed by atoms with van der Waals surface area (Å²) < 4.78 is 0. The van der Waals surface area contributed by atoms with Gasteiger partial charge in [-0.05, 0) is 47.8 Å². The zero-order valence-corrected chi connectivity index (χ0v) is 13.2. The molecule has 1 fully saturated rings. The molecule has 1 aliphatic carbocycles. The molecule has 1 aromatic carbocycles. The Labute approximate surface area is 118 Å². The van der Waals surface area contributed by atoms with E-state index >= 15 is 0 Å². The Morgan fingerprint density at radius 2 is 1.74 bits per heavy atom. The fourth-order valence-electron chi connectivity index (χ4n) is 2.91. The van der Waals surface area contributed by atoms with E-state index in [0.717, 1.165) is 18.4 Å². The quantitative estimate of drug-likeness (QED) is 0.809. The van der Waals surface area contributed by atoms with Gasteiger partial charge in [-0.15, -0.1) is 0 Å². The van der Waals surface area contributed by atoms with E-state index in [1.165, 1.54) is 24.0 Å². The van der Waals surface area contributed by atoms with Crippen LogP contribution in [0.25, 0.3) is 0 Å². The average Bonchev–Trinajstić information content (AvgIpc) is 3.18. The van der Waals surface area contributed by atoms with Gasteiger partial charge in [0.05, 0.1) is 0 Å². The van der Waals surface area contributed by atoms with Gasteiger partial charge >= 0.3 is 0 Å². The Bertz CT molecular complexity index is 395. The molecule has 0 bridgehead atoms. The second kappa shape index (κ2) is 5.66. The minimum absolute atomic E-state index is 0.244. The van der Waals surface area contributed by atoms with Crippen LogP contribution in [0.2, 0.25) is 0 Å². The molecular formula is C18H29N. The summed E-state index contributed by atoms with van der Waals surface area (Å²) in [6.45, 7) is 12.5. The molecule has 106 valence electrons. The number of rotatable bonds is 5. The van der Waals surface area contributed by atoms with Crippen molar-refractivity contribution in [2.75, 3.05) is 6.54 Å². The largest absolute Gasteiger partial charge is 0.310 e. The lowest BCUT2D eigenvalue weighted by atomic mass is 9.84. The van der Waals surface area contributed by atoms with Crippen LogP contribution in [0.1, 0.15) is 64.6 Å². The Kier molecular flexibility index (Phi) is 4.35. The van der Waals surface area contributed by atoms with Crippen molar-refractivity contribution in [1.29, 1.82) is 0 Å². The molecule has 1 saturated carbocycles. The van der Waals surface area contributed by atoms with E-state index in [4.69, 9.17) is 0 Å². The average molecular weight is 259 g/mol. The van der Waals surface area contributed by atoms with E-state index in [2.05, 4.69) is 64.2 Å². The first-order valence-corrected chi connectivity index (χ1v) is 7.77. The van der Waals surface area contributed by atoms with Crippen LogP contribution in [0.5, 0.6) is 0 Å². The Hall–Kier alpha value is -0.820. The molecule has 0 aliphatic heterocycles. The molecule has 2 rings (SSSR count). The molecule has 1 N–H and O–H groups in total. The molecule has 1 heteroatoms. The highest BCUT2D eigenvalue weighted by atomic mass is 14.9. The molecule has 1 aromatic rings. The van der Waals surface area contributed by atoms with E-state index in [0.29, 0.717) is 6.04 Å². The second-order valence-electron chi connectivity index (χ2n) is 7.10. The summed E-state index contributed by atoms with van der Waals surface area (Å²) in [5, 5.41) is 3.68. The Morgan fingerprint density at radius 3 is 2.16 bits per heavy atom. The lowest BCUT2D eigenvalue weighted by molar-refractivity contribution is 0.355. The lowest BCUT2D eigenvalue weighted by Crippen LogP contribution is -2.28. The number of benzene rings is 1. The van der Waals surface area contributed by atoms with Crippen LogP contribution in [-0.4, -0.2) is 6.54 Å². The molecule has 0 saturated heterocycles. The highest BCUT2D eigenvalue weighted by molar-refractivity contribution is 5.29. The molecule has 0 spiro atoms. The van der Waals surface area contributed by atoms with Crippen LogP contribution < -0.4 is 5.32 Å². The van der Waals surface area contributed by atoms with Gasteiger partial charge in [0.2, 0.25) is 0 Å². The first kappa shape index (κ1) is 14.6. The van der Waals surface area contributed by atoms with Crippen LogP contribution in [0.15, 0.2) is 24.3 Å². The lowest BCUT2D eigenvalue weighted by Gasteiger charge is -2.26. The van der Waals surface area contributed by atoms with Gasteiger partial charge in [-0.1, -0.05) is 58.9 Å². The third kappa shape index (κ3) is 3.60. The summed E-state index contributed by atoms with van der Waals surface area (Å²) in [5.41, 5.74) is 3.12.